The largest absolute Gasteiger partial charge is 0.481 e. The van der Waals surface area contributed by atoms with Crippen molar-refractivity contribution in [1.29, 1.82) is 10.8 Å². The van der Waals surface area contributed by atoms with E-state index < -0.39 is 30.1 Å². The zero-order valence-electron chi connectivity index (χ0n) is 41.8. The van der Waals surface area contributed by atoms with E-state index in [1.54, 1.807) is 45.0 Å². The Kier molecular flexibility index (Phi) is 21.8. The summed E-state index contributed by atoms with van der Waals surface area (Å²) < 4.78 is 5.07. The van der Waals surface area contributed by atoms with E-state index in [9.17, 15) is 28.8 Å². The summed E-state index contributed by atoms with van der Waals surface area (Å²) in [6.45, 7) is 7.58. The van der Waals surface area contributed by atoms with Crippen LogP contribution in [0.25, 0.3) is 0 Å². The van der Waals surface area contributed by atoms with Crippen molar-refractivity contribution in [3.63, 3.8) is 0 Å². The Morgan fingerprint density at radius 2 is 1.00 bits per heavy atom. The summed E-state index contributed by atoms with van der Waals surface area (Å²) in [5.41, 5.74) is 16.5. The van der Waals surface area contributed by atoms with Crippen molar-refractivity contribution < 1.29 is 38.6 Å². The van der Waals surface area contributed by atoms with E-state index >= 15 is 0 Å². The van der Waals surface area contributed by atoms with Crippen LogP contribution in [0.2, 0.25) is 0 Å². The van der Waals surface area contributed by atoms with E-state index in [1.165, 1.54) is 11.1 Å². The number of carboxylic acids is 1. The fourth-order valence-corrected chi connectivity index (χ4v) is 9.32. The highest BCUT2D eigenvalue weighted by molar-refractivity contribution is 5.95. The van der Waals surface area contributed by atoms with Crippen molar-refractivity contribution >= 4 is 47.0 Å². The lowest BCUT2D eigenvalue weighted by Crippen LogP contribution is -2.54. The molecule has 6 rings (SSSR count). The number of rotatable bonds is 23. The smallest absolute Gasteiger partial charge is 0.307 e. The van der Waals surface area contributed by atoms with Gasteiger partial charge in [0.1, 0.15) is 11.7 Å². The average molecular weight is 985 g/mol. The molecule has 4 aromatic carbocycles. The summed E-state index contributed by atoms with van der Waals surface area (Å²) in [7, 11) is 0. The molecule has 2 saturated heterocycles. The lowest BCUT2D eigenvalue weighted by Gasteiger charge is -2.39. The Balaban J connectivity index is 0.000000268. The van der Waals surface area contributed by atoms with Gasteiger partial charge in [0.15, 0.2) is 11.6 Å². The molecule has 2 aliphatic heterocycles. The van der Waals surface area contributed by atoms with Crippen molar-refractivity contribution in [1.82, 2.24) is 20.4 Å². The van der Waals surface area contributed by atoms with Gasteiger partial charge in [0, 0.05) is 37.1 Å². The number of esters is 1. The fourth-order valence-electron chi connectivity index (χ4n) is 9.32. The number of likely N-dealkylation sites (tertiary alicyclic amines) is 2. The number of amidine groups is 2. The normalized spacial score (nSPS) is 18.8. The van der Waals surface area contributed by atoms with E-state index in [1.807, 2.05) is 70.5 Å². The van der Waals surface area contributed by atoms with Gasteiger partial charge in [0.25, 0.3) is 0 Å². The number of benzene rings is 4. The Bertz CT molecular complexity index is 2450. The minimum absolute atomic E-state index is 0.00132. The number of nitrogens with zero attached hydrogens (tertiary/aromatic N) is 2. The monoisotopic (exact) mass is 985 g/mol. The topological polar surface area (TPSA) is 262 Å². The number of ketones is 2. The maximum Gasteiger partial charge on any atom is 0.307 e. The number of Topliss-reactive ketones (excluding diaryl/α,β-unsaturated/α-hetero) is 2. The molecule has 72 heavy (non-hydrogen) atoms. The molecule has 6 atom stereocenters. The van der Waals surface area contributed by atoms with Crippen LogP contribution in [-0.2, 0) is 46.3 Å². The maximum absolute atomic E-state index is 13.4. The maximum atomic E-state index is 13.4. The molecule has 2 fully saturated rings. The van der Waals surface area contributed by atoms with Crippen molar-refractivity contribution in [3.05, 3.63) is 143 Å². The first-order chi connectivity index (χ1) is 34.5. The van der Waals surface area contributed by atoms with Gasteiger partial charge < -0.3 is 31.9 Å². The van der Waals surface area contributed by atoms with Crippen LogP contribution >= 0.6 is 0 Å². The molecule has 4 aromatic rings. The predicted molar refractivity (Wildman–Crippen MR) is 278 cm³/mol. The second-order valence-electron chi connectivity index (χ2n) is 18.7. The molecule has 0 aliphatic carbocycles. The molecule has 2 amide bonds. The number of nitrogens with two attached hydrogens (primary N) is 2. The van der Waals surface area contributed by atoms with E-state index in [2.05, 4.69) is 34.9 Å². The molecule has 16 nitrogen and oxygen atoms in total. The van der Waals surface area contributed by atoms with E-state index in [0.29, 0.717) is 76.0 Å². The van der Waals surface area contributed by atoms with Crippen LogP contribution in [0.1, 0.15) is 117 Å². The quantitative estimate of drug-likeness (QED) is 0.0261. The number of carboxylic acid groups (broad SMARTS) is 1. The van der Waals surface area contributed by atoms with Gasteiger partial charge in [-0.15, -0.1) is 0 Å². The van der Waals surface area contributed by atoms with Crippen LogP contribution in [0.15, 0.2) is 109 Å². The molecular weight excluding hydrogens is 913 g/mol. The number of ether oxygens (including phenoxy) is 1. The molecule has 2 heterocycles. The number of amides is 2. The summed E-state index contributed by atoms with van der Waals surface area (Å²) in [4.78, 5) is 79.2. The number of aryl methyl sites for hydroxylation is 2. The van der Waals surface area contributed by atoms with Gasteiger partial charge in [-0.25, -0.2) is 0 Å². The van der Waals surface area contributed by atoms with Crippen LogP contribution in [0.3, 0.4) is 0 Å². The highest BCUT2D eigenvalue weighted by Gasteiger charge is 2.37. The Labute approximate surface area is 423 Å². The van der Waals surface area contributed by atoms with Crippen molar-refractivity contribution in [2.75, 3.05) is 32.8 Å². The van der Waals surface area contributed by atoms with Crippen LogP contribution in [-0.4, -0.2) is 119 Å². The molecule has 9 N–H and O–H groups in total. The third kappa shape index (κ3) is 17.4. The third-order valence-corrected chi connectivity index (χ3v) is 13.6. The summed E-state index contributed by atoms with van der Waals surface area (Å²) in [5.74, 6) is -1.25. The molecule has 16 heteroatoms. The number of carbonyl (C=O) groups excluding carboxylic acids is 5. The van der Waals surface area contributed by atoms with Crippen LogP contribution < -0.4 is 22.1 Å². The fraction of sp³-hybridized carbons (Fsp3) is 0.429. The van der Waals surface area contributed by atoms with Crippen molar-refractivity contribution in [2.45, 2.75) is 121 Å². The molecule has 0 radical (unpaired) electrons. The average Bonchev–Trinajstić information content (AvgIpc) is 3.39. The minimum atomic E-state index is -0.894. The SMILES string of the molecule is CCOC(=O)CCN1CC[C@H](c2ccccc2)C[C@@H]1C(=O)N[C@@H](C)C(=O)CCc1ccc(C(=N)N)cc1.C[C@H](NC(=O)[C@H]1C[C@@H](c2ccccc2)CCN1CCC(=O)O)C(=O)CCc1ccc(C(=N)N)cc1. The Hall–Kier alpha value is -7.04. The number of piperidine rings is 2. The van der Waals surface area contributed by atoms with Gasteiger partial charge in [0.05, 0.1) is 43.6 Å². The summed E-state index contributed by atoms with van der Waals surface area (Å²) in [6.07, 6.45) is 4.80. The first-order valence-corrected chi connectivity index (χ1v) is 25.0. The van der Waals surface area contributed by atoms with Crippen LogP contribution in [0.5, 0.6) is 0 Å². The van der Waals surface area contributed by atoms with Gasteiger partial charge in [-0.3, -0.25) is 49.4 Å². The number of hydrogen-bond acceptors (Lipinski definition) is 11. The van der Waals surface area contributed by atoms with Crippen molar-refractivity contribution in [2.24, 2.45) is 11.5 Å². The second kappa shape index (κ2) is 28.1. The highest BCUT2D eigenvalue weighted by atomic mass is 16.5. The molecule has 0 unspecified atom stereocenters. The summed E-state index contributed by atoms with van der Waals surface area (Å²) >= 11 is 0. The molecule has 384 valence electrons. The first kappa shape index (κ1) is 55.9. The van der Waals surface area contributed by atoms with Gasteiger partial charge in [-0.05, 0) is 106 Å². The molecule has 0 aromatic heterocycles. The third-order valence-electron chi connectivity index (χ3n) is 13.6. The van der Waals surface area contributed by atoms with Gasteiger partial charge in [-0.2, -0.15) is 0 Å². The zero-order chi connectivity index (χ0) is 52.2. The molecule has 0 spiro atoms. The Morgan fingerprint density at radius 1 is 0.611 bits per heavy atom. The van der Waals surface area contributed by atoms with Gasteiger partial charge in [-0.1, -0.05) is 109 Å². The van der Waals surface area contributed by atoms with Crippen LogP contribution in [0.4, 0.5) is 0 Å². The number of aliphatic carboxylic acids is 1. The predicted octanol–water partition coefficient (Wildman–Crippen LogP) is 5.88. The lowest BCUT2D eigenvalue weighted by atomic mass is 9.84. The number of carbonyl (C=O) groups is 6. The lowest BCUT2D eigenvalue weighted by molar-refractivity contribution is -0.144. The number of nitrogens with one attached hydrogen (secondary N) is 4. The van der Waals surface area contributed by atoms with E-state index in [-0.39, 0.29) is 72.1 Å². The summed E-state index contributed by atoms with van der Waals surface area (Å²) in [5, 5.41) is 29.9. The Morgan fingerprint density at radius 3 is 1.36 bits per heavy atom. The van der Waals surface area contributed by atoms with Gasteiger partial charge in [0.2, 0.25) is 11.8 Å². The first-order valence-electron chi connectivity index (χ1n) is 25.0. The van der Waals surface area contributed by atoms with Crippen LogP contribution in [0, 0.1) is 10.8 Å². The van der Waals surface area contributed by atoms with E-state index in [4.69, 9.17) is 32.1 Å². The molecule has 2 aliphatic rings. The minimum Gasteiger partial charge on any atom is -0.481 e. The van der Waals surface area contributed by atoms with Gasteiger partial charge >= 0.3 is 11.9 Å². The molecule has 0 saturated carbocycles. The van der Waals surface area contributed by atoms with E-state index in [0.717, 1.165) is 24.0 Å². The second-order valence-corrected chi connectivity index (χ2v) is 18.7. The molecule has 0 bridgehead atoms. The molecular formula is C56H72N8O8. The van der Waals surface area contributed by atoms with Crippen molar-refractivity contribution in [3.8, 4) is 0 Å². The zero-order valence-corrected chi connectivity index (χ0v) is 41.8. The number of nitrogen functional groups attached to an aromatic ring is 2. The highest BCUT2D eigenvalue weighted by Crippen LogP contribution is 2.33. The number of hydrogen-bond donors (Lipinski definition) is 7. The summed E-state index contributed by atoms with van der Waals surface area (Å²) in [6, 6.07) is 32.5. The standard InChI is InChI=1S/C29H38N4O4.C27H34N4O4/c1-3-37-27(35)16-18-33-17-15-24(22-7-5-4-6-8-22)19-25(33)29(36)32-20(2)26(34)14-11-21-9-12-23(13-10-21)28(30)31;1-18(24(32)12-9-19-7-10-21(11-8-19)26(28)29)30-27(35)23-17-22(20-5-3-2-4-6-20)13-15-31(23)16-14-25(33)34/h4-10,12-13,20,24-25H,3,11,14-19H2,1-2H3,(H3,30,31)(H,32,36);2-8,10-11,18,22-23H,9,12-17H2,1H3,(H3,28,29)(H,30,35)(H,33,34)/t20-,24-,25+;18-,22-,23+/m00/s1.